The third-order valence-corrected chi connectivity index (χ3v) is 8.15. The molecular weight excluding hydrogens is 300 g/mol. The Morgan fingerprint density at radius 2 is 2.00 bits per heavy atom. The van der Waals surface area contributed by atoms with Gasteiger partial charge in [0.25, 0.3) is 0 Å². The molecule has 0 aromatic heterocycles. The minimum absolute atomic E-state index is 0.0422. The topological polar surface area (TPSA) is 57.5 Å². The average molecular weight is 330 g/mol. The summed E-state index contributed by atoms with van der Waals surface area (Å²) in [7, 11) is 0. The fraction of sp³-hybridized carbons (Fsp3) is 0.762. The van der Waals surface area contributed by atoms with E-state index in [4.69, 9.17) is 0 Å². The average Bonchev–Trinajstić information content (AvgIpc) is 2.84. The molecule has 3 saturated carbocycles. The predicted molar refractivity (Wildman–Crippen MR) is 93.2 cm³/mol. The maximum absolute atomic E-state index is 11.8. The highest BCUT2D eigenvalue weighted by atomic mass is 16.3. The van der Waals surface area contributed by atoms with E-state index in [0.717, 1.165) is 32.1 Å². The van der Waals surface area contributed by atoms with Crippen LogP contribution in [0.4, 0.5) is 0 Å². The largest absolute Gasteiger partial charge is 0.393 e. The van der Waals surface area contributed by atoms with Gasteiger partial charge in [0.2, 0.25) is 0 Å². The van der Waals surface area contributed by atoms with Crippen LogP contribution in [0.3, 0.4) is 0 Å². The van der Waals surface area contributed by atoms with Crippen LogP contribution < -0.4 is 0 Å². The molecule has 5 unspecified atom stereocenters. The smallest absolute Gasteiger partial charge is 0.178 e. The molecule has 3 heteroatoms. The first-order chi connectivity index (χ1) is 11.3. The van der Waals surface area contributed by atoms with E-state index in [2.05, 4.69) is 19.9 Å². The van der Waals surface area contributed by atoms with Crippen molar-refractivity contribution in [3.05, 3.63) is 23.8 Å². The maximum atomic E-state index is 11.8. The lowest BCUT2D eigenvalue weighted by atomic mass is 9.46. The van der Waals surface area contributed by atoms with Crippen molar-refractivity contribution >= 4 is 5.78 Å². The summed E-state index contributed by atoms with van der Waals surface area (Å²) in [5.74, 6) is 1.66. The molecule has 4 aliphatic rings. The molecule has 4 aliphatic carbocycles. The van der Waals surface area contributed by atoms with Crippen molar-refractivity contribution in [2.24, 2.45) is 34.5 Å². The Morgan fingerprint density at radius 3 is 2.71 bits per heavy atom. The van der Waals surface area contributed by atoms with Gasteiger partial charge in [0.05, 0.1) is 12.2 Å². The third kappa shape index (κ3) is 2.07. The molecule has 0 amide bonds. The molecule has 0 bridgehead atoms. The van der Waals surface area contributed by atoms with E-state index in [1.807, 2.05) is 13.0 Å². The van der Waals surface area contributed by atoms with Crippen LogP contribution >= 0.6 is 0 Å². The molecule has 3 fully saturated rings. The van der Waals surface area contributed by atoms with E-state index >= 15 is 0 Å². The number of carbonyl (C=O) groups is 1. The van der Waals surface area contributed by atoms with Gasteiger partial charge in [-0.2, -0.15) is 0 Å². The highest BCUT2D eigenvalue weighted by molar-refractivity contribution is 6.01. The Hall–Kier alpha value is -0.930. The number of aliphatic hydroxyl groups is 2. The number of ketones is 1. The number of hydrogen-bond acceptors (Lipinski definition) is 3. The lowest BCUT2D eigenvalue weighted by Gasteiger charge is -2.59. The number of allylic oxidation sites excluding steroid dienone is 4. The number of aliphatic hydroxyl groups excluding tert-OH is 2. The Labute approximate surface area is 144 Å². The summed E-state index contributed by atoms with van der Waals surface area (Å²) >= 11 is 0. The molecule has 0 spiro atoms. The summed E-state index contributed by atoms with van der Waals surface area (Å²) < 4.78 is 0. The van der Waals surface area contributed by atoms with Gasteiger partial charge in [-0.3, -0.25) is 4.79 Å². The van der Waals surface area contributed by atoms with Crippen LogP contribution in [0.5, 0.6) is 0 Å². The monoisotopic (exact) mass is 330 g/mol. The lowest BCUT2D eigenvalue weighted by molar-refractivity contribution is -0.127. The van der Waals surface area contributed by atoms with Gasteiger partial charge < -0.3 is 10.2 Å². The van der Waals surface area contributed by atoms with Gasteiger partial charge >= 0.3 is 0 Å². The summed E-state index contributed by atoms with van der Waals surface area (Å²) in [5, 5.41) is 21.4. The van der Waals surface area contributed by atoms with Crippen molar-refractivity contribution < 1.29 is 15.0 Å². The van der Waals surface area contributed by atoms with Crippen molar-refractivity contribution in [3.8, 4) is 0 Å². The highest BCUT2D eigenvalue weighted by Gasteiger charge is 2.61. The summed E-state index contributed by atoms with van der Waals surface area (Å²) in [6.45, 7) is 6.43. The molecule has 0 aromatic carbocycles. The first kappa shape index (κ1) is 16.5. The van der Waals surface area contributed by atoms with Crippen molar-refractivity contribution in [1.82, 2.24) is 0 Å². The van der Waals surface area contributed by atoms with Crippen LogP contribution in [-0.4, -0.2) is 28.2 Å². The van der Waals surface area contributed by atoms with E-state index in [1.165, 1.54) is 5.57 Å². The second-order valence-corrected chi connectivity index (χ2v) is 9.22. The third-order valence-electron chi connectivity index (χ3n) is 8.15. The van der Waals surface area contributed by atoms with Crippen LogP contribution in [0.1, 0.15) is 52.9 Å². The second kappa shape index (κ2) is 5.28. The first-order valence-corrected chi connectivity index (χ1v) is 9.58. The van der Waals surface area contributed by atoms with E-state index < -0.39 is 0 Å². The first-order valence-electron chi connectivity index (χ1n) is 9.58. The van der Waals surface area contributed by atoms with Gasteiger partial charge in [0.1, 0.15) is 0 Å². The molecule has 8 atom stereocenters. The Balaban J connectivity index is 1.72. The zero-order chi connectivity index (χ0) is 17.3. The van der Waals surface area contributed by atoms with Crippen LogP contribution in [0.2, 0.25) is 0 Å². The van der Waals surface area contributed by atoms with Crippen LogP contribution in [-0.2, 0) is 4.79 Å². The van der Waals surface area contributed by atoms with Gasteiger partial charge in [-0.05, 0) is 74.3 Å². The molecule has 2 N–H and O–H groups in total. The summed E-state index contributed by atoms with van der Waals surface area (Å²) in [6.07, 6.45) is 9.95. The number of rotatable bonds is 1. The number of carbonyl (C=O) groups excluding carboxylic acids is 1. The van der Waals surface area contributed by atoms with Crippen molar-refractivity contribution in [3.63, 3.8) is 0 Å². The second-order valence-electron chi connectivity index (χ2n) is 9.22. The van der Waals surface area contributed by atoms with Gasteiger partial charge in [-0.25, -0.2) is 0 Å². The van der Waals surface area contributed by atoms with Crippen molar-refractivity contribution in [2.75, 3.05) is 0 Å². The van der Waals surface area contributed by atoms with Crippen LogP contribution in [0.25, 0.3) is 0 Å². The minimum atomic E-state index is -0.359. The zero-order valence-corrected chi connectivity index (χ0v) is 15.0. The quantitative estimate of drug-likeness (QED) is 0.776. The molecular formula is C21H30O3. The van der Waals surface area contributed by atoms with Crippen molar-refractivity contribution in [1.29, 1.82) is 0 Å². The highest BCUT2D eigenvalue weighted by Crippen LogP contribution is 2.66. The molecule has 0 radical (unpaired) electrons. The molecule has 4 rings (SSSR count). The van der Waals surface area contributed by atoms with Gasteiger partial charge in [0.15, 0.2) is 5.78 Å². The van der Waals surface area contributed by atoms with Crippen LogP contribution in [0.15, 0.2) is 23.8 Å². The Bertz CT molecular complexity index is 619. The standard InChI is InChI=1S/C21H30O3/c1-12(22)16-6-7-17-15-5-4-13-10-14(23)8-9-20(13,2)19(15)18(24)11-21(16,17)3/h8-10,12,15-19,22,24H,4-7,11H2,1-3H3/t12?,15?,16?,17?,18-,19?,20-,21+/m0/s1. The minimum Gasteiger partial charge on any atom is -0.393 e. The van der Waals surface area contributed by atoms with E-state index in [-0.39, 0.29) is 34.7 Å². The molecule has 0 aromatic rings. The van der Waals surface area contributed by atoms with Crippen LogP contribution in [0, 0.1) is 34.5 Å². The fourth-order valence-corrected chi connectivity index (χ4v) is 7.16. The van der Waals surface area contributed by atoms with E-state index in [9.17, 15) is 15.0 Å². The van der Waals surface area contributed by atoms with Gasteiger partial charge in [-0.1, -0.05) is 25.5 Å². The van der Waals surface area contributed by atoms with Gasteiger partial charge in [-0.15, -0.1) is 0 Å². The normalized spacial score (nSPS) is 51.5. The summed E-state index contributed by atoms with van der Waals surface area (Å²) in [6, 6.07) is 0. The van der Waals surface area contributed by atoms with E-state index in [0.29, 0.717) is 17.8 Å². The summed E-state index contributed by atoms with van der Waals surface area (Å²) in [5.41, 5.74) is 1.07. The Morgan fingerprint density at radius 1 is 1.25 bits per heavy atom. The predicted octanol–water partition coefficient (Wildman–Crippen LogP) is 3.26. The molecule has 0 heterocycles. The van der Waals surface area contributed by atoms with Gasteiger partial charge in [0, 0.05) is 11.3 Å². The fourth-order valence-electron chi connectivity index (χ4n) is 7.16. The zero-order valence-electron chi connectivity index (χ0n) is 15.0. The maximum Gasteiger partial charge on any atom is 0.178 e. The molecule has 0 saturated heterocycles. The molecule has 24 heavy (non-hydrogen) atoms. The lowest BCUT2D eigenvalue weighted by Crippen LogP contribution is -2.56. The summed E-state index contributed by atoms with van der Waals surface area (Å²) in [4.78, 5) is 11.8. The SMILES string of the molecule is CC(O)C1CCC2C3CCC4=CC(=O)C=C[C@]4(C)C3[C@@H](O)C[C@]12C. The van der Waals surface area contributed by atoms with E-state index in [1.54, 1.807) is 6.08 Å². The van der Waals surface area contributed by atoms with Crippen molar-refractivity contribution in [2.45, 2.75) is 65.1 Å². The number of fused-ring (bicyclic) bond motifs is 5. The molecule has 132 valence electrons. The molecule has 3 nitrogen and oxygen atoms in total. The molecule has 0 aliphatic heterocycles. The number of hydrogen-bond donors (Lipinski definition) is 2. The Kier molecular flexibility index (Phi) is 3.64.